The first-order valence-corrected chi connectivity index (χ1v) is 6.89. The smallest absolute Gasteiger partial charge is 0.395 e. The molecular formula is C13H20ClN3O4. The Bertz CT molecular complexity index is 486. The van der Waals surface area contributed by atoms with Crippen molar-refractivity contribution in [3.05, 3.63) is 28.0 Å². The fraction of sp³-hybridized carbons (Fsp3) is 0.615. The zero-order valence-electron chi connectivity index (χ0n) is 11.9. The fourth-order valence-electron chi connectivity index (χ4n) is 2.49. The number of furan rings is 1. The summed E-state index contributed by atoms with van der Waals surface area (Å²) in [6.07, 6.45) is 2.64. The van der Waals surface area contributed by atoms with Gasteiger partial charge in [-0.1, -0.05) is 6.92 Å². The van der Waals surface area contributed by atoms with E-state index < -0.39 is 10.8 Å². The predicted octanol–water partition coefficient (Wildman–Crippen LogP) is 2.21. The van der Waals surface area contributed by atoms with Gasteiger partial charge in [-0.3, -0.25) is 14.9 Å². The second-order valence-corrected chi connectivity index (χ2v) is 4.87. The molecule has 1 aliphatic rings. The molecule has 0 spiro atoms. The molecule has 0 unspecified atom stereocenters. The Morgan fingerprint density at radius 3 is 2.67 bits per heavy atom. The molecule has 0 radical (unpaired) electrons. The van der Waals surface area contributed by atoms with Crippen LogP contribution in [-0.4, -0.2) is 41.4 Å². The molecule has 0 saturated carbocycles. The van der Waals surface area contributed by atoms with Crippen molar-refractivity contribution in [2.75, 3.05) is 19.6 Å². The van der Waals surface area contributed by atoms with Crippen LogP contribution in [0.3, 0.4) is 0 Å². The second kappa shape index (κ2) is 7.99. The zero-order chi connectivity index (χ0) is 14.5. The van der Waals surface area contributed by atoms with Crippen molar-refractivity contribution >= 4 is 24.2 Å². The molecule has 1 aliphatic heterocycles. The van der Waals surface area contributed by atoms with E-state index in [1.807, 2.05) is 6.92 Å². The quantitative estimate of drug-likeness (QED) is 0.664. The lowest BCUT2D eigenvalue weighted by Gasteiger charge is -2.34. The monoisotopic (exact) mass is 317 g/mol. The van der Waals surface area contributed by atoms with Crippen molar-refractivity contribution in [3.63, 3.8) is 0 Å². The van der Waals surface area contributed by atoms with Crippen LogP contribution >= 0.6 is 12.4 Å². The summed E-state index contributed by atoms with van der Waals surface area (Å²) in [5.41, 5.74) is 0. The van der Waals surface area contributed by atoms with Crippen molar-refractivity contribution in [2.45, 2.75) is 32.2 Å². The van der Waals surface area contributed by atoms with E-state index >= 15 is 0 Å². The Morgan fingerprint density at radius 2 is 2.14 bits per heavy atom. The highest BCUT2D eigenvalue weighted by atomic mass is 35.5. The van der Waals surface area contributed by atoms with Gasteiger partial charge in [-0.05, 0) is 38.4 Å². The summed E-state index contributed by atoms with van der Waals surface area (Å²) in [4.78, 5) is 24.2. The van der Waals surface area contributed by atoms with Gasteiger partial charge in [-0.15, -0.1) is 12.4 Å². The molecule has 118 valence electrons. The van der Waals surface area contributed by atoms with Crippen LogP contribution in [0, 0.1) is 10.1 Å². The zero-order valence-corrected chi connectivity index (χ0v) is 12.7. The molecule has 0 aliphatic carbocycles. The molecule has 0 bridgehead atoms. The average molecular weight is 318 g/mol. The Hall–Kier alpha value is -1.60. The number of hydrogen-bond acceptors (Lipinski definition) is 5. The maximum Gasteiger partial charge on any atom is 0.433 e. The van der Waals surface area contributed by atoms with Crippen LogP contribution in [0.5, 0.6) is 0 Å². The highest BCUT2D eigenvalue weighted by Gasteiger charge is 2.28. The van der Waals surface area contributed by atoms with Gasteiger partial charge in [0.15, 0.2) is 5.76 Å². The first-order chi connectivity index (χ1) is 9.63. The van der Waals surface area contributed by atoms with Crippen molar-refractivity contribution in [2.24, 2.45) is 0 Å². The van der Waals surface area contributed by atoms with E-state index in [4.69, 9.17) is 4.42 Å². The standard InChI is InChI=1S/C13H19N3O4.ClH/c1-2-9-15(10-5-7-14-8-6-10)13(17)11-3-4-12(20-11)16(18)19;/h3-4,10,14H,2,5-9H2,1H3;1H. The number of carbonyl (C=O) groups is 1. The molecule has 1 N–H and O–H groups in total. The van der Waals surface area contributed by atoms with Gasteiger partial charge < -0.3 is 14.6 Å². The Balaban J connectivity index is 0.00000220. The molecule has 2 rings (SSSR count). The molecule has 1 amide bonds. The van der Waals surface area contributed by atoms with Crippen LogP contribution in [0.4, 0.5) is 5.88 Å². The summed E-state index contributed by atoms with van der Waals surface area (Å²) in [7, 11) is 0. The largest absolute Gasteiger partial charge is 0.433 e. The third kappa shape index (κ3) is 4.18. The highest BCUT2D eigenvalue weighted by molar-refractivity contribution is 5.92. The minimum absolute atomic E-state index is 0. The van der Waals surface area contributed by atoms with Crippen LogP contribution in [0.15, 0.2) is 16.5 Å². The summed E-state index contributed by atoms with van der Waals surface area (Å²) in [6, 6.07) is 2.78. The van der Waals surface area contributed by atoms with Gasteiger partial charge in [-0.25, -0.2) is 0 Å². The third-order valence-corrected chi connectivity index (χ3v) is 3.46. The second-order valence-electron chi connectivity index (χ2n) is 4.87. The molecular weight excluding hydrogens is 298 g/mol. The van der Waals surface area contributed by atoms with Gasteiger partial charge in [0.25, 0.3) is 5.91 Å². The van der Waals surface area contributed by atoms with Gasteiger partial charge >= 0.3 is 5.88 Å². The Kier molecular flexibility index (Phi) is 6.64. The number of carbonyl (C=O) groups excluding carboxylic acids is 1. The number of hydrogen-bond donors (Lipinski definition) is 1. The molecule has 1 aromatic rings. The van der Waals surface area contributed by atoms with Crippen molar-refractivity contribution in [1.82, 2.24) is 10.2 Å². The number of amides is 1. The summed E-state index contributed by atoms with van der Waals surface area (Å²) >= 11 is 0. The van der Waals surface area contributed by atoms with Crippen LogP contribution < -0.4 is 5.32 Å². The van der Waals surface area contributed by atoms with E-state index in [1.54, 1.807) is 4.90 Å². The number of nitrogens with one attached hydrogen (secondary N) is 1. The molecule has 1 aromatic heterocycles. The minimum Gasteiger partial charge on any atom is -0.395 e. The predicted molar refractivity (Wildman–Crippen MR) is 79.8 cm³/mol. The van der Waals surface area contributed by atoms with Crippen LogP contribution in [0.25, 0.3) is 0 Å². The van der Waals surface area contributed by atoms with Crippen LogP contribution in [-0.2, 0) is 0 Å². The Morgan fingerprint density at radius 1 is 1.48 bits per heavy atom. The van der Waals surface area contributed by atoms with Gasteiger partial charge in [0.2, 0.25) is 0 Å². The van der Waals surface area contributed by atoms with Gasteiger partial charge in [0, 0.05) is 12.6 Å². The lowest BCUT2D eigenvalue weighted by atomic mass is 10.0. The normalized spacial score (nSPS) is 15.3. The van der Waals surface area contributed by atoms with E-state index in [9.17, 15) is 14.9 Å². The van der Waals surface area contributed by atoms with E-state index in [0.29, 0.717) is 6.54 Å². The van der Waals surface area contributed by atoms with Crippen LogP contribution in [0.2, 0.25) is 0 Å². The topological polar surface area (TPSA) is 88.6 Å². The van der Waals surface area contributed by atoms with Crippen molar-refractivity contribution < 1.29 is 14.1 Å². The fourth-order valence-corrected chi connectivity index (χ4v) is 2.49. The lowest BCUT2D eigenvalue weighted by Crippen LogP contribution is -2.46. The van der Waals surface area contributed by atoms with Gasteiger partial charge in [0.1, 0.15) is 4.92 Å². The molecule has 7 nitrogen and oxygen atoms in total. The maximum absolute atomic E-state index is 12.5. The molecule has 1 fully saturated rings. The van der Waals surface area contributed by atoms with Gasteiger partial charge in [-0.2, -0.15) is 0 Å². The third-order valence-electron chi connectivity index (χ3n) is 3.46. The number of piperidine rings is 1. The molecule has 0 atom stereocenters. The number of nitro groups is 1. The Labute approximate surface area is 129 Å². The molecule has 8 heteroatoms. The van der Waals surface area contributed by atoms with E-state index in [-0.39, 0.29) is 30.1 Å². The summed E-state index contributed by atoms with van der Waals surface area (Å²) in [6.45, 7) is 4.41. The van der Waals surface area contributed by atoms with Crippen LogP contribution in [0.1, 0.15) is 36.7 Å². The number of halogens is 1. The minimum atomic E-state index is -0.633. The molecule has 0 aromatic carbocycles. The van der Waals surface area contributed by atoms with E-state index in [2.05, 4.69) is 5.32 Å². The summed E-state index contributed by atoms with van der Waals surface area (Å²) in [5, 5.41) is 13.9. The number of rotatable bonds is 5. The maximum atomic E-state index is 12.5. The van der Waals surface area contributed by atoms with Crippen molar-refractivity contribution in [1.29, 1.82) is 0 Å². The van der Waals surface area contributed by atoms with Crippen molar-refractivity contribution in [3.8, 4) is 0 Å². The SMILES string of the molecule is CCCN(C(=O)c1ccc([N+](=O)[O-])o1)C1CCNCC1.Cl. The number of nitrogens with zero attached hydrogens (tertiary/aromatic N) is 2. The van der Waals surface area contributed by atoms with E-state index in [1.165, 1.54) is 12.1 Å². The summed E-state index contributed by atoms with van der Waals surface area (Å²) < 4.78 is 5.02. The van der Waals surface area contributed by atoms with Gasteiger partial charge in [0.05, 0.1) is 6.07 Å². The molecule has 21 heavy (non-hydrogen) atoms. The summed E-state index contributed by atoms with van der Waals surface area (Å²) in [5.74, 6) is -0.606. The highest BCUT2D eigenvalue weighted by Crippen LogP contribution is 2.20. The first-order valence-electron chi connectivity index (χ1n) is 6.89. The van der Waals surface area contributed by atoms with E-state index in [0.717, 1.165) is 32.4 Å². The first kappa shape index (κ1) is 17.5. The molecule has 1 saturated heterocycles. The lowest BCUT2D eigenvalue weighted by molar-refractivity contribution is -0.402. The molecule has 2 heterocycles. The average Bonchev–Trinajstić information content (AvgIpc) is 2.95.